The SMILES string of the molecule is Cc1nn(C)c2ncc(NC(=O)N(C=O)c3cccc(OC(C)C)c3)c(N3CCN(C)CC3)c12. The Morgan fingerprint density at radius 2 is 1.94 bits per heavy atom. The van der Waals surface area contributed by atoms with Crippen LogP contribution in [0.3, 0.4) is 0 Å². The van der Waals surface area contributed by atoms with Crippen molar-refractivity contribution in [3.63, 3.8) is 0 Å². The van der Waals surface area contributed by atoms with Gasteiger partial charge in [-0.1, -0.05) is 6.07 Å². The Kier molecular flexibility index (Phi) is 6.69. The second-order valence-corrected chi connectivity index (χ2v) is 8.79. The minimum atomic E-state index is -0.574. The van der Waals surface area contributed by atoms with E-state index in [0.29, 0.717) is 23.5 Å². The minimum Gasteiger partial charge on any atom is -0.491 e. The Labute approximate surface area is 199 Å². The van der Waals surface area contributed by atoms with Crippen molar-refractivity contribution >= 4 is 40.5 Å². The van der Waals surface area contributed by atoms with Crippen molar-refractivity contribution in [3.8, 4) is 5.75 Å². The zero-order valence-electron chi connectivity index (χ0n) is 20.3. The molecule has 1 saturated heterocycles. The Morgan fingerprint density at radius 3 is 2.62 bits per heavy atom. The summed E-state index contributed by atoms with van der Waals surface area (Å²) in [5.74, 6) is 0.583. The molecule has 4 rings (SSSR count). The van der Waals surface area contributed by atoms with Crippen molar-refractivity contribution in [2.75, 3.05) is 48.3 Å². The highest BCUT2D eigenvalue weighted by molar-refractivity contribution is 6.14. The molecular formula is C24H31N7O3. The number of piperazine rings is 1. The van der Waals surface area contributed by atoms with E-state index >= 15 is 0 Å². The number of carbonyl (C=O) groups is 2. The van der Waals surface area contributed by atoms with Crippen LogP contribution in [0, 0.1) is 6.92 Å². The highest BCUT2D eigenvalue weighted by Crippen LogP contribution is 2.36. The molecule has 0 bridgehead atoms. The van der Waals surface area contributed by atoms with Crippen LogP contribution in [0.25, 0.3) is 11.0 Å². The molecule has 10 heteroatoms. The fourth-order valence-corrected chi connectivity index (χ4v) is 4.22. The van der Waals surface area contributed by atoms with Crippen LogP contribution in [0.2, 0.25) is 0 Å². The molecule has 0 spiro atoms. The number of urea groups is 1. The zero-order valence-corrected chi connectivity index (χ0v) is 20.3. The van der Waals surface area contributed by atoms with Gasteiger partial charge in [-0.2, -0.15) is 5.10 Å². The number of aryl methyl sites for hydroxylation is 2. The van der Waals surface area contributed by atoms with E-state index < -0.39 is 6.03 Å². The van der Waals surface area contributed by atoms with E-state index in [1.165, 1.54) is 0 Å². The van der Waals surface area contributed by atoms with Crippen molar-refractivity contribution in [3.05, 3.63) is 36.2 Å². The summed E-state index contributed by atoms with van der Waals surface area (Å²) in [5, 5.41) is 8.35. The summed E-state index contributed by atoms with van der Waals surface area (Å²) in [6, 6.07) is 6.32. The van der Waals surface area contributed by atoms with E-state index in [4.69, 9.17) is 4.74 Å². The Hall–Kier alpha value is -3.66. The Bertz CT molecular complexity index is 1200. The third-order valence-corrected chi connectivity index (χ3v) is 5.85. The van der Waals surface area contributed by atoms with E-state index in [0.717, 1.165) is 53.5 Å². The average Bonchev–Trinajstić information content (AvgIpc) is 3.08. The maximum Gasteiger partial charge on any atom is 0.333 e. The lowest BCUT2D eigenvalue weighted by Gasteiger charge is -2.35. The standard InChI is InChI=1S/C24H31N7O3/c1-16(2)34-19-8-6-7-18(13-19)31(15-32)24(33)26-20-14-25-23-21(17(3)27-29(23)5)22(20)30-11-9-28(4)10-12-30/h6-8,13-16H,9-12H2,1-5H3,(H,26,33). The zero-order chi connectivity index (χ0) is 24.4. The number of amides is 3. The Balaban J connectivity index is 1.69. The number of rotatable bonds is 6. The van der Waals surface area contributed by atoms with Crippen molar-refractivity contribution in [2.24, 2.45) is 7.05 Å². The molecule has 0 aliphatic carbocycles. The second-order valence-electron chi connectivity index (χ2n) is 8.79. The predicted octanol–water partition coefficient (Wildman–Crippen LogP) is 3.01. The largest absolute Gasteiger partial charge is 0.491 e. The van der Waals surface area contributed by atoms with E-state index in [2.05, 4.69) is 32.2 Å². The number of likely N-dealkylation sites (N-methyl/N-ethyl adjacent to an activating group) is 1. The third-order valence-electron chi connectivity index (χ3n) is 5.85. The average molecular weight is 466 g/mol. The van der Waals surface area contributed by atoms with Gasteiger partial charge < -0.3 is 19.9 Å². The van der Waals surface area contributed by atoms with Gasteiger partial charge in [-0.25, -0.2) is 14.7 Å². The molecule has 1 N–H and O–H groups in total. The van der Waals surface area contributed by atoms with Gasteiger partial charge in [0.05, 0.1) is 40.4 Å². The summed E-state index contributed by atoms with van der Waals surface area (Å²) in [5.41, 5.74) is 3.41. The molecule has 3 aromatic rings. The topological polar surface area (TPSA) is 95.8 Å². The first-order chi connectivity index (χ1) is 16.3. The number of aromatic nitrogens is 3. The number of hydrogen-bond donors (Lipinski definition) is 1. The van der Waals surface area contributed by atoms with Crippen LogP contribution in [0.15, 0.2) is 30.5 Å². The molecule has 34 heavy (non-hydrogen) atoms. The number of anilines is 3. The molecule has 0 atom stereocenters. The lowest BCUT2D eigenvalue weighted by molar-refractivity contribution is -0.106. The van der Waals surface area contributed by atoms with Gasteiger partial charge in [-0.05, 0) is 40.0 Å². The molecule has 3 amide bonds. The van der Waals surface area contributed by atoms with Crippen LogP contribution in [0.4, 0.5) is 21.9 Å². The molecule has 0 saturated carbocycles. The first kappa shape index (κ1) is 23.5. The molecule has 0 unspecified atom stereocenters. The van der Waals surface area contributed by atoms with Crippen LogP contribution in [-0.4, -0.2) is 71.4 Å². The maximum atomic E-state index is 13.3. The quantitative estimate of drug-likeness (QED) is 0.559. The second kappa shape index (κ2) is 9.68. The van der Waals surface area contributed by atoms with Crippen LogP contribution >= 0.6 is 0 Å². The third kappa shape index (κ3) is 4.67. The Morgan fingerprint density at radius 1 is 1.21 bits per heavy atom. The highest BCUT2D eigenvalue weighted by Gasteiger charge is 2.25. The van der Waals surface area contributed by atoms with Crippen molar-refractivity contribution in [1.82, 2.24) is 19.7 Å². The number of carbonyl (C=O) groups excluding carboxylic acids is 2. The first-order valence-electron chi connectivity index (χ1n) is 11.4. The summed E-state index contributed by atoms with van der Waals surface area (Å²) < 4.78 is 7.46. The molecule has 2 aromatic heterocycles. The number of hydrogen-bond acceptors (Lipinski definition) is 7. The van der Waals surface area contributed by atoms with E-state index in [-0.39, 0.29) is 6.10 Å². The van der Waals surface area contributed by atoms with Crippen molar-refractivity contribution < 1.29 is 14.3 Å². The fourth-order valence-electron chi connectivity index (χ4n) is 4.22. The van der Waals surface area contributed by atoms with Crippen molar-refractivity contribution in [2.45, 2.75) is 26.9 Å². The smallest absolute Gasteiger partial charge is 0.333 e. The lowest BCUT2D eigenvalue weighted by Crippen LogP contribution is -2.45. The molecule has 1 aromatic carbocycles. The molecular weight excluding hydrogens is 434 g/mol. The van der Waals surface area contributed by atoms with Gasteiger partial charge in [0.15, 0.2) is 5.65 Å². The number of nitrogens with one attached hydrogen (secondary N) is 1. The number of imide groups is 1. The van der Waals surface area contributed by atoms with Gasteiger partial charge >= 0.3 is 6.03 Å². The monoisotopic (exact) mass is 465 g/mol. The molecule has 1 fully saturated rings. The summed E-state index contributed by atoms with van der Waals surface area (Å²) in [7, 11) is 3.95. The van der Waals surface area contributed by atoms with Gasteiger partial charge in [-0.3, -0.25) is 9.48 Å². The molecule has 1 aliphatic rings. The van der Waals surface area contributed by atoms with Gasteiger partial charge in [0.1, 0.15) is 5.75 Å². The summed E-state index contributed by atoms with van der Waals surface area (Å²) in [4.78, 5) is 35.3. The van der Waals surface area contributed by atoms with E-state index in [1.54, 1.807) is 35.1 Å². The van der Waals surface area contributed by atoms with Crippen LogP contribution in [0.1, 0.15) is 19.5 Å². The van der Waals surface area contributed by atoms with Gasteiger partial charge in [0.25, 0.3) is 0 Å². The lowest BCUT2D eigenvalue weighted by atomic mass is 10.1. The molecule has 3 heterocycles. The van der Waals surface area contributed by atoms with Gasteiger partial charge in [0.2, 0.25) is 6.41 Å². The fraction of sp³-hybridized carbons (Fsp3) is 0.417. The van der Waals surface area contributed by atoms with Crippen molar-refractivity contribution in [1.29, 1.82) is 0 Å². The first-order valence-corrected chi connectivity index (χ1v) is 11.4. The van der Waals surface area contributed by atoms with E-state index in [1.807, 2.05) is 27.8 Å². The van der Waals surface area contributed by atoms with Gasteiger partial charge in [0, 0.05) is 39.3 Å². The molecule has 1 aliphatic heterocycles. The summed E-state index contributed by atoms with van der Waals surface area (Å²) in [6.07, 6.45) is 2.11. The number of nitrogens with zero attached hydrogens (tertiary/aromatic N) is 6. The minimum absolute atomic E-state index is 0.0274. The maximum absolute atomic E-state index is 13.3. The summed E-state index contributed by atoms with van der Waals surface area (Å²) in [6.45, 7) is 9.19. The van der Waals surface area contributed by atoms with Crippen LogP contribution < -0.4 is 19.9 Å². The number of fused-ring (bicyclic) bond motifs is 1. The molecule has 0 radical (unpaired) electrons. The molecule has 180 valence electrons. The number of benzene rings is 1. The molecule has 10 nitrogen and oxygen atoms in total. The predicted molar refractivity (Wildman–Crippen MR) is 133 cm³/mol. The van der Waals surface area contributed by atoms with Crippen LogP contribution in [0.5, 0.6) is 5.75 Å². The normalized spacial score (nSPS) is 14.5. The van der Waals surface area contributed by atoms with Gasteiger partial charge in [-0.15, -0.1) is 0 Å². The number of ether oxygens (including phenoxy) is 1. The number of pyridine rings is 1. The van der Waals surface area contributed by atoms with E-state index in [9.17, 15) is 9.59 Å². The summed E-state index contributed by atoms with van der Waals surface area (Å²) >= 11 is 0. The van der Waals surface area contributed by atoms with Crippen LogP contribution in [-0.2, 0) is 11.8 Å². The highest BCUT2D eigenvalue weighted by atomic mass is 16.5.